The van der Waals surface area contributed by atoms with Crippen LogP contribution in [0, 0.1) is 11.3 Å². The zero-order valence-corrected chi connectivity index (χ0v) is 6.71. The number of rotatable bonds is 1. The molecule has 0 aromatic carbocycles. The molecule has 0 radical (unpaired) electrons. The third kappa shape index (κ3) is 2.24. The molecule has 0 spiro atoms. The Balaban J connectivity index is 2.46. The van der Waals surface area contributed by atoms with E-state index in [4.69, 9.17) is 10.00 Å². The summed E-state index contributed by atoms with van der Waals surface area (Å²) < 4.78 is 5.18. The third-order valence-electron chi connectivity index (χ3n) is 1.78. The molecule has 1 aliphatic rings. The Morgan fingerprint density at radius 1 is 1.55 bits per heavy atom. The van der Waals surface area contributed by atoms with Gasteiger partial charge in [0.05, 0.1) is 19.3 Å². The summed E-state index contributed by atoms with van der Waals surface area (Å²) in [5.41, 5.74) is 1.04. The second-order valence-electron chi connectivity index (χ2n) is 2.51. The lowest BCUT2D eigenvalue weighted by Gasteiger charge is -2.28. The maximum atomic E-state index is 8.38. The second-order valence-corrected chi connectivity index (χ2v) is 2.51. The molecule has 1 heterocycles. The number of hydrogen-bond acceptors (Lipinski definition) is 3. The molecule has 0 amide bonds. The topological polar surface area (TPSA) is 36.3 Å². The Labute approximate surface area is 66.9 Å². The number of allylic oxidation sites excluding steroid dienone is 2. The summed E-state index contributed by atoms with van der Waals surface area (Å²) in [7, 11) is 0. The molecule has 0 aromatic heterocycles. The fourth-order valence-corrected chi connectivity index (χ4v) is 1.10. The van der Waals surface area contributed by atoms with E-state index in [1.807, 2.05) is 13.0 Å². The number of nitrogens with zero attached hydrogens (tertiary/aromatic N) is 2. The summed E-state index contributed by atoms with van der Waals surface area (Å²) in [6, 6.07) is 2.02. The quantitative estimate of drug-likeness (QED) is 0.520. The molecule has 3 nitrogen and oxygen atoms in total. The summed E-state index contributed by atoms with van der Waals surface area (Å²) >= 11 is 0. The molecule has 0 aromatic rings. The molecule has 0 saturated carbocycles. The van der Waals surface area contributed by atoms with E-state index < -0.39 is 0 Å². The lowest BCUT2D eigenvalue weighted by molar-refractivity contribution is 0.0538. The molecule has 1 aliphatic heterocycles. The van der Waals surface area contributed by atoms with Crippen LogP contribution in [-0.4, -0.2) is 31.2 Å². The van der Waals surface area contributed by atoms with E-state index in [-0.39, 0.29) is 0 Å². The average molecular weight is 152 g/mol. The predicted molar refractivity (Wildman–Crippen MR) is 41.8 cm³/mol. The number of ether oxygens (including phenoxy) is 1. The normalized spacial score (nSPS) is 19.6. The van der Waals surface area contributed by atoms with Crippen molar-refractivity contribution in [1.29, 1.82) is 5.26 Å². The summed E-state index contributed by atoms with van der Waals surface area (Å²) in [6.07, 6.45) is 1.57. The predicted octanol–water partition coefficient (Wildman–Crippen LogP) is 0.746. The van der Waals surface area contributed by atoms with E-state index in [9.17, 15) is 0 Å². The molecule has 1 saturated heterocycles. The van der Waals surface area contributed by atoms with Crippen molar-refractivity contribution in [3.8, 4) is 6.07 Å². The van der Waals surface area contributed by atoms with Gasteiger partial charge in [-0.2, -0.15) is 5.26 Å². The van der Waals surface area contributed by atoms with Crippen LogP contribution in [0.1, 0.15) is 6.92 Å². The van der Waals surface area contributed by atoms with Crippen LogP contribution < -0.4 is 0 Å². The van der Waals surface area contributed by atoms with Crippen molar-refractivity contribution >= 4 is 0 Å². The summed E-state index contributed by atoms with van der Waals surface area (Å²) in [5, 5.41) is 8.38. The fraction of sp³-hybridized carbons (Fsp3) is 0.625. The van der Waals surface area contributed by atoms with Crippen molar-refractivity contribution in [1.82, 2.24) is 4.90 Å². The zero-order chi connectivity index (χ0) is 8.10. The Hall–Kier alpha value is -1.01. The highest BCUT2D eigenvalue weighted by Gasteiger charge is 2.09. The van der Waals surface area contributed by atoms with E-state index in [1.165, 1.54) is 0 Å². The maximum absolute atomic E-state index is 8.38. The van der Waals surface area contributed by atoms with Crippen molar-refractivity contribution in [3.63, 3.8) is 0 Å². The minimum Gasteiger partial charge on any atom is -0.378 e. The first-order valence-corrected chi connectivity index (χ1v) is 3.73. The number of morpholine rings is 1. The van der Waals surface area contributed by atoms with Gasteiger partial charge in [-0.05, 0) is 6.92 Å². The van der Waals surface area contributed by atoms with Crippen molar-refractivity contribution in [2.75, 3.05) is 26.3 Å². The van der Waals surface area contributed by atoms with Gasteiger partial charge in [0, 0.05) is 24.9 Å². The van der Waals surface area contributed by atoms with Crippen molar-refractivity contribution in [2.24, 2.45) is 0 Å². The molecule has 0 unspecified atom stereocenters. The van der Waals surface area contributed by atoms with Gasteiger partial charge in [-0.1, -0.05) is 0 Å². The minimum absolute atomic E-state index is 0.774. The highest BCUT2D eigenvalue weighted by Crippen LogP contribution is 2.05. The van der Waals surface area contributed by atoms with Crippen molar-refractivity contribution in [2.45, 2.75) is 6.92 Å². The maximum Gasteiger partial charge on any atom is 0.0930 e. The first-order chi connectivity index (χ1) is 5.34. The van der Waals surface area contributed by atoms with Crippen LogP contribution in [0.3, 0.4) is 0 Å². The lowest BCUT2D eigenvalue weighted by atomic mass is 10.3. The largest absolute Gasteiger partial charge is 0.378 e. The molecule has 60 valence electrons. The molecule has 0 atom stereocenters. The Bertz CT molecular complexity index is 187. The van der Waals surface area contributed by atoms with E-state index >= 15 is 0 Å². The summed E-state index contributed by atoms with van der Waals surface area (Å²) in [5.74, 6) is 0. The van der Waals surface area contributed by atoms with Gasteiger partial charge in [0.15, 0.2) is 0 Å². The van der Waals surface area contributed by atoms with Crippen LogP contribution in [0.25, 0.3) is 0 Å². The minimum atomic E-state index is 0.774. The van der Waals surface area contributed by atoms with Crippen LogP contribution in [-0.2, 0) is 4.74 Å². The van der Waals surface area contributed by atoms with Gasteiger partial charge < -0.3 is 9.64 Å². The highest BCUT2D eigenvalue weighted by atomic mass is 16.5. The molecule has 0 N–H and O–H groups in total. The molecule has 0 aliphatic carbocycles. The molecular weight excluding hydrogens is 140 g/mol. The molecule has 1 rings (SSSR count). The van der Waals surface area contributed by atoms with Crippen LogP contribution in [0.5, 0.6) is 0 Å². The Morgan fingerprint density at radius 2 is 2.18 bits per heavy atom. The first-order valence-electron chi connectivity index (χ1n) is 3.73. The van der Waals surface area contributed by atoms with Crippen LogP contribution in [0.2, 0.25) is 0 Å². The monoisotopic (exact) mass is 152 g/mol. The van der Waals surface area contributed by atoms with E-state index in [2.05, 4.69) is 4.90 Å². The zero-order valence-electron chi connectivity index (χ0n) is 6.71. The van der Waals surface area contributed by atoms with Gasteiger partial charge in [-0.3, -0.25) is 0 Å². The Morgan fingerprint density at radius 3 is 2.73 bits per heavy atom. The lowest BCUT2D eigenvalue weighted by Crippen LogP contribution is -2.34. The van der Waals surface area contributed by atoms with Crippen molar-refractivity contribution < 1.29 is 4.74 Å². The first kappa shape index (κ1) is 8.09. The molecule has 1 fully saturated rings. The van der Waals surface area contributed by atoms with E-state index in [0.717, 1.165) is 32.0 Å². The molecule has 3 heteroatoms. The number of nitriles is 1. The molecule has 0 bridgehead atoms. The highest BCUT2D eigenvalue weighted by molar-refractivity contribution is 5.10. The van der Waals surface area contributed by atoms with Crippen LogP contribution >= 0.6 is 0 Å². The molecule has 11 heavy (non-hydrogen) atoms. The SMILES string of the molecule is C/C(=C/C#N)N1CCOCC1. The van der Waals surface area contributed by atoms with Crippen LogP contribution in [0.15, 0.2) is 11.8 Å². The van der Waals surface area contributed by atoms with Crippen LogP contribution in [0.4, 0.5) is 0 Å². The van der Waals surface area contributed by atoms with Gasteiger partial charge in [0.2, 0.25) is 0 Å². The summed E-state index contributed by atoms with van der Waals surface area (Å²) in [6.45, 7) is 5.32. The third-order valence-corrected chi connectivity index (χ3v) is 1.78. The van der Waals surface area contributed by atoms with Gasteiger partial charge >= 0.3 is 0 Å². The fourth-order valence-electron chi connectivity index (χ4n) is 1.10. The second kappa shape index (κ2) is 3.99. The smallest absolute Gasteiger partial charge is 0.0930 e. The van der Waals surface area contributed by atoms with E-state index in [1.54, 1.807) is 6.08 Å². The average Bonchev–Trinajstić information content (AvgIpc) is 2.07. The Kier molecular flexibility index (Phi) is 2.94. The van der Waals surface area contributed by atoms with Gasteiger partial charge in [-0.25, -0.2) is 0 Å². The van der Waals surface area contributed by atoms with Crippen molar-refractivity contribution in [3.05, 3.63) is 11.8 Å². The molecular formula is C8H12N2O. The van der Waals surface area contributed by atoms with E-state index in [0.29, 0.717) is 0 Å². The van der Waals surface area contributed by atoms with Gasteiger partial charge in [-0.15, -0.1) is 0 Å². The summed E-state index contributed by atoms with van der Waals surface area (Å²) in [4.78, 5) is 2.16. The van der Waals surface area contributed by atoms with Gasteiger partial charge in [0.1, 0.15) is 0 Å². The number of hydrogen-bond donors (Lipinski definition) is 0. The standard InChI is InChI=1S/C8H12N2O/c1-8(2-3-9)10-4-6-11-7-5-10/h2H,4-7H2,1H3/b8-2-. The van der Waals surface area contributed by atoms with Gasteiger partial charge in [0.25, 0.3) is 0 Å².